The van der Waals surface area contributed by atoms with Crippen LogP contribution in [0.25, 0.3) is 100.0 Å². The summed E-state index contributed by atoms with van der Waals surface area (Å²) < 4.78 is 19.4. The van der Waals surface area contributed by atoms with Crippen molar-refractivity contribution in [2.75, 3.05) is 4.90 Å². The van der Waals surface area contributed by atoms with Gasteiger partial charge in [0.1, 0.15) is 33.5 Å². The van der Waals surface area contributed by atoms with Crippen LogP contribution in [-0.2, 0) is 0 Å². The molecule has 0 saturated heterocycles. The first-order valence-corrected chi connectivity index (χ1v) is 19.2. The highest BCUT2D eigenvalue weighted by Gasteiger charge is 2.20. The van der Waals surface area contributed by atoms with E-state index in [1.54, 1.807) is 0 Å². The van der Waals surface area contributed by atoms with E-state index in [2.05, 4.69) is 83.8 Å². The van der Waals surface area contributed by atoms with E-state index in [1.807, 2.05) is 103 Å². The van der Waals surface area contributed by atoms with E-state index in [-0.39, 0.29) is 0 Å². The number of hydrogen-bond donors (Lipinski definition) is 0. The fourth-order valence-electron chi connectivity index (χ4n) is 8.14. The molecule has 0 spiro atoms. The summed E-state index contributed by atoms with van der Waals surface area (Å²) >= 11 is 0. The second-order valence-electron chi connectivity index (χ2n) is 14.4. The second kappa shape index (κ2) is 12.8. The van der Waals surface area contributed by atoms with Gasteiger partial charge in [0.25, 0.3) is 0 Å². The Morgan fingerprint density at radius 1 is 0.276 bits per heavy atom. The molecule has 0 aliphatic rings. The first kappa shape index (κ1) is 32.2. The third kappa shape index (κ3) is 5.25. The molecule has 58 heavy (non-hydrogen) atoms. The molecule has 12 rings (SSSR count). The van der Waals surface area contributed by atoms with E-state index in [9.17, 15) is 0 Å². The van der Waals surface area contributed by atoms with Gasteiger partial charge >= 0.3 is 0 Å². The summed E-state index contributed by atoms with van der Waals surface area (Å²) in [6.45, 7) is 0. The molecule has 4 aromatic heterocycles. The lowest BCUT2D eigenvalue weighted by Gasteiger charge is -2.25. The number of furan rings is 3. The summed E-state index contributed by atoms with van der Waals surface area (Å²) in [7, 11) is 0. The molecule has 0 aliphatic heterocycles. The standard InChI is InChI=1S/C51H30N4O3/c1-3-11-31(12-4-1)49-52-50(32-13-5-2-6-14-32)54-51(53-49)33-19-23-39-42-26-22-36(30-48(42)58-45(39)27-33)55(34-20-24-40-37-15-7-9-17-43(37)56-46(40)28-34)35-21-25-41-38-16-8-10-18-44(38)57-47(41)29-35/h1-30H. The highest BCUT2D eigenvalue weighted by Crippen LogP contribution is 2.43. The van der Waals surface area contributed by atoms with Crippen molar-refractivity contribution in [2.24, 2.45) is 0 Å². The highest BCUT2D eigenvalue weighted by atomic mass is 16.3. The van der Waals surface area contributed by atoms with Gasteiger partial charge in [-0.3, -0.25) is 0 Å². The maximum Gasteiger partial charge on any atom is 0.164 e. The van der Waals surface area contributed by atoms with Gasteiger partial charge in [-0.25, -0.2) is 15.0 Å². The number of benzene rings is 8. The van der Waals surface area contributed by atoms with Crippen molar-refractivity contribution < 1.29 is 13.3 Å². The van der Waals surface area contributed by atoms with Crippen LogP contribution < -0.4 is 4.90 Å². The Labute approximate surface area is 331 Å². The van der Waals surface area contributed by atoms with Crippen LogP contribution >= 0.6 is 0 Å². The second-order valence-corrected chi connectivity index (χ2v) is 14.4. The minimum absolute atomic E-state index is 0.573. The molecular weight excluding hydrogens is 717 g/mol. The summed E-state index contributed by atoms with van der Waals surface area (Å²) in [6, 6.07) is 61.6. The quantitative estimate of drug-likeness (QED) is 0.168. The third-order valence-electron chi connectivity index (χ3n) is 10.9. The fraction of sp³-hybridized carbons (Fsp3) is 0. The van der Waals surface area contributed by atoms with Crippen LogP contribution in [0.2, 0.25) is 0 Å². The van der Waals surface area contributed by atoms with Gasteiger partial charge in [0, 0.05) is 84.3 Å². The number of rotatable bonds is 6. The van der Waals surface area contributed by atoms with E-state index in [4.69, 9.17) is 28.2 Å². The molecule has 0 unspecified atom stereocenters. The molecule has 7 nitrogen and oxygen atoms in total. The smallest absolute Gasteiger partial charge is 0.164 e. The van der Waals surface area contributed by atoms with Crippen LogP contribution in [0.5, 0.6) is 0 Å². The van der Waals surface area contributed by atoms with Crippen LogP contribution in [0.1, 0.15) is 0 Å². The average Bonchev–Trinajstić information content (AvgIpc) is 3.97. The van der Waals surface area contributed by atoms with Crippen LogP contribution in [0.4, 0.5) is 17.1 Å². The maximum absolute atomic E-state index is 6.69. The Morgan fingerprint density at radius 2 is 0.621 bits per heavy atom. The van der Waals surface area contributed by atoms with E-state index >= 15 is 0 Å². The van der Waals surface area contributed by atoms with Gasteiger partial charge in [0.2, 0.25) is 0 Å². The van der Waals surface area contributed by atoms with Crippen LogP contribution in [0.15, 0.2) is 195 Å². The summed E-state index contributed by atoms with van der Waals surface area (Å²) in [4.78, 5) is 17.0. The molecule has 0 saturated carbocycles. The Morgan fingerprint density at radius 3 is 1.09 bits per heavy atom. The van der Waals surface area contributed by atoms with Crippen molar-refractivity contribution in [1.82, 2.24) is 15.0 Å². The summed E-state index contributed by atoms with van der Waals surface area (Å²) in [5.41, 5.74) is 10.3. The molecule has 272 valence electrons. The van der Waals surface area contributed by atoms with E-state index in [0.717, 1.165) is 99.6 Å². The molecule has 0 bridgehead atoms. The van der Waals surface area contributed by atoms with Crippen molar-refractivity contribution in [2.45, 2.75) is 0 Å². The predicted octanol–water partition coefficient (Wildman–Crippen LogP) is 14.0. The first-order valence-electron chi connectivity index (χ1n) is 19.2. The molecule has 0 aliphatic carbocycles. The van der Waals surface area contributed by atoms with Crippen molar-refractivity contribution in [3.05, 3.63) is 182 Å². The van der Waals surface area contributed by atoms with Crippen LogP contribution in [-0.4, -0.2) is 15.0 Å². The first-order chi connectivity index (χ1) is 28.7. The molecule has 0 N–H and O–H groups in total. The van der Waals surface area contributed by atoms with Crippen molar-refractivity contribution in [3.63, 3.8) is 0 Å². The maximum atomic E-state index is 6.69. The SMILES string of the molecule is c1ccc(-c2nc(-c3ccccc3)nc(-c3ccc4c(c3)oc3cc(N(c5ccc6c(c5)oc5ccccc56)c5ccc6c(c5)oc5ccccc56)ccc34)n2)cc1. The van der Waals surface area contributed by atoms with Gasteiger partial charge in [0.15, 0.2) is 17.5 Å². The van der Waals surface area contributed by atoms with E-state index in [1.165, 1.54) is 0 Å². The summed E-state index contributed by atoms with van der Waals surface area (Å²) in [5, 5.41) is 6.33. The van der Waals surface area contributed by atoms with Gasteiger partial charge < -0.3 is 18.2 Å². The van der Waals surface area contributed by atoms with Gasteiger partial charge in [-0.2, -0.15) is 0 Å². The molecule has 4 heterocycles. The minimum atomic E-state index is 0.573. The lowest BCUT2D eigenvalue weighted by molar-refractivity contribution is 0.669. The van der Waals surface area contributed by atoms with Crippen LogP contribution in [0.3, 0.4) is 0 Å². The van der Waals surface area contributed by atoms with Crippen LogP contribution in [0, 0.1) is 0 Å². The number of para-hydroxylation sites is 2. The molecule has 12 aromatic rings. The zero-order chi connectivity index (χ0) is 38.2. The number of nitrogens with zero attached hydrogens (tertiary/aromatic N) is 4. The Kier molecular flexibility index (Phi) is 7.09. The molecule has 7 heteroatoms. The topological polar surface area (TPSA) is 81.3 Å². The molecule has 0 atom stereocenters. The molecule has 0 fully saturated rings. The van der Waals surface area contributed by atoms with Crippen molar-refractivity contribution >= 4 is 82.9 Å². The summed E-state index contributed by atoms with van der Waals surface area (Å²) in [6.07, 6.45) is 0. The average molecular weight is 747 g/mol. The predicted molar refractivity (Wildman–Crippen MR) is 233 cm³/mol. The molecule has 8 aromatic carbocycles. The van der Waals surface area contributed by atoms with Gasteiger partial charge in [-0.05, 0) is 60.7 Å². The Balaban J connectivity index is 0.999. The number of aromatic nitrogens is 3. The zero-order valence-electron chi connectivity index (χ0n) is 30.8. The largest absolute Gasteiger partial charge is 0.456 e. The monoisotopic (exact) mass is 746 g/mol. The Hall–Kier alpha value is -8.03. The van der Waals surface area contributed by atoms with Crippen molar-refractivity contribution in [3.8, 4) is 34.2 Å². The minimum Gasteiger partial charge on any atom is -0.456 e. The van der Waals surface area contributed by atoms with Crippen molar-refractivity contribution in [1.29, 1.82) is 0 Å². The lowest BCUT2D eigenvalue weighted by atomic mass is 10.1. The number of fused-ring (bicyclic) bond motifs is 9. The third-order valence-corrected chi connectivity index (χ3v) is 10.9. The van der Waals surface area contributed by atoms with Gasteiger partial charge in [-0.1, -0.05) is 103 Å². The Bertz CT molecular complexity index is 3360. The van der Waals surface area contributed by atoms with E-state index < -0.39 is 0 Å². The number of hydrogen-bond acceptors (Lipinski definition) is 7. The molecule has 0 radical (unpaired) electrons. The van der Waals surface area contributed by atoms with E-state index in [0.29, 0.717) is 17.5 Å². The van der Waals surface area contributed by atoms with Gasteiger partial charge in [0.05, 0.1) is 0 Å². The number of anilines is 3. The zero-order valence-corrected chi connectivity index (χ0v) is 30.8. The lowest BCUT2D eigenvalue weighted by Crippen LogP contribution is -2.09. The van der Waals surface area contributed by atoms with Gasteiger partial charge in [-0.15, -0.1) is 0 Å². The fourth-order valence-corrected chi connectivity index (χ4v) is 8.14. The highest BCUT2D eigenvalue weighted by molar-refractivity contribution is 6.09. The molecule has 0 amide bonds. The normalized spacial score (nSPS) is 11.8. The summed E-state index contributed by atoms with van der Waals surface area (Å²) in [5.74, 6) is 1.80. The molecular formula is C51H30N4O3.